The van der Waals surface area contributed by atoms with E-state index in [4.69, 9.17) is 10.2 Å². The van der Waals surface area contributed by atoms with Crippen LogP contribution >= 0.6 is 0 Å². The standard InChI is InChI=1S/C14H16N4O2.C4H10O3/c1-7-2-4-8(5-3-7)6-14-10(20)13-15-11(17-14)9(19)12(16-13)18-14;5-1-3-7-4-2-6/h2-5,11-13,15-18H,6H2,1H3;5-6H,1-4H2. The van der Waals surface area contributed by atoms with Crippen molar-refractivity contribution < 1.29 is 24.5 Å². The lowest BCUT2D eigenvalue weighted by Gasteiger charge is -2.56. The third-order valence-electron chi connectivity index (χ3n) is 4.76. The fourth-order valence-electron chi connectivity index (χ4n) is 3.44. The topological polar surface area (TPSA) is 132 Å². The highest BCUT2D eigenvalue weighted by Crippen LogP contribution is 2.26. The molecule has 6 N–H and O–H groups in total. The average Bonchev–Trinajstić information content (AvgIpc) is 2.64. The van der Waals surface area contributed by atoms with Crippen LogP contribution in [0, 0.1) is 6.92 Å². The van der Waals surface area contributed by atoms with Gasteiger partial charge in [-0.3, -0.25) is 30.9 Å². The monoisotopic (exact) mass is 378 g/mol. The minimum Gasteiger partial charge on any atom is -0.394 e. The molecule has 4 fully saturated rings. The van der Waals surface area contributed by atoms with Gasteiger partial charge in [-0.05, 0) is 12.5 Å². The van der Waals surface area contributed by atoms with Crippen LogP contribution in [0.4, 0.5) is 0 Å². The minimum atomic E-state index is -0.848. The lowest BCUT2D eigenvalue weighted by Crippen LogP contribution is -2.93. The van der Waals surface area contributed by atoms with Crippen LogP contribution < -0.4 is 21.3 Å². The highest BCUT2D eigenvalue weighted by atomic mass is 16.5. The lowest BCUT2D eigenvalue weighted by molar-refractivity contribution is -0.154. The number of ether oxygens (including phenoxy) is 1. The second-order valence-corrected chi connectivity index (χ2v) is 6.81. The van der Waals surface area contributed by atoms with Gasteiger partial charge in [0.15, 0.2) is 11.6 Å². The average molecular weight is 378 g/mol. The SMILES string of the molecule is Cc1ccc(CC23NC4NC(NC(N2)C4=O)C3=O)cc1.OCCOCCO. The van der Waals surface area contributed by atoms with Crippen molar-refractivity contribution in [1.82, 2.24) is 21.3 Å². The van der Waals surface area contributed by atoms with E-state index in [9.17, 15) is 9.59 Å². The minimum absolute atomic E-state index is 0.00767. The highest BCUT2D eigenvalue weighted by Gasteiger charge is 2.59. The number of carbonyl (C=O) groups excluding carboxylic acids is 2. The molecular formula is C18H26N4O5. The summed E-state index contributed by atoms with van der Waals surface area (Å²) < 4.78 is 4.63. The molecule has 9 heteroatoms. The molecule has 148 valence electrons. The second-order valence-electron chi connectivity index (χ2n) is 6.81. The molecular weight excluding hydrogens is 352 g/mol. The van der Waals surface area contributed by atoms with Crippen molar-refractivity contribution >= 4 is 11.6 Å². The normalized spacial score (nSPS) is 31.0. The molecule has 5 rings (SSSR count). The first-order valence-electron chi connectivity index (χ1n) is 8.99. The zero-order valence-corrected chi connectivity index (χ0v) is 15.2. The van der Waals surface area contributed by atoms with Crippen LogP contribution in [0.25, 0.3) is 0 Å². The third-order valence-corrected chi connectivity index (χ3v) is 4.76. The molecule has 2 atom stereocenters. The number of hydrogen-bond acceptors (Lipinski definition) is 9. The van der Waals surface area contributed by atoms with Crippen LogP contribution in [0.15, 0.2) is 24.3 Å². The van der Waals surface area contributed by atoms with Crippen molar-refractivity contribution in [2.75, 3.05) is 26.4 Å². The van der Waals surface area contributed by atoms with Gasteiger partial charge in [-0.1, -0.05) is 29.8 Å². The molecule has 27 heavy (non-hydrogen) atoms. The van der Waals surface area contributed by atoms with Gasteiger partial charge in [0.2, 0.25) is 0 Å². The number of hydrogen-bond donors (Lipinski definition) is 6. The van der Waals surface area contributed by atoms with Crippen LogP contribution in [0.3, 0.4) is 0 Å². The van der Waals surface area contributed by atoms with Crippen molar-refractivity contribution in [2.24, 2.45) is 0 Å². The Balaban J connectivity index is 0.000000260. The molecule has 9 nitrogen and oxygen atoms in total. The molecule has 1 aromatic rings. The highest BCUT2D eigenvalue weighted by molar-refractivity contribution is 6.03. The second kappa shape index (κ2) is 8.53. The summed E-state index contributed by atoms with van der Waals surface area (Å²) in [5.41, 5.74) is 1.41. The van der Waals surface area contributed by atoms with E-state index in [1.54, 1.807) is 0 Å². The van der Waals surface area contributed by atoms with E-state index in [0.29, 0.717) is 19.6 Å². The molecule has 4 aliphatic heterocycles. The molecule has 2 unspecified atom stereocenters. The van der Waals surface area contributed by atoms with Crippen molar-refractivity contribution in [1.29, 1.82) is 0 Å². The number of nitrogens with one attached hydrogen (secondary N) is 4. The Morgan fingerprint density at radius 3 is 2.04 bits per heavy atom. The summed E-state index contributed by atoms with van der Waals surface area (Å²) in [6.07, 6.45) is -0.811. The molecule has 0 spiro atoms. The Labute approximate surface area is 157 Å². The van der Waals surface area contributed by atoms with Gasteiger partial charge in [-0.15, -0.1) is 0 Å². The molecule has 0 radical (unpaired) electrons. The van der Waals surface area contributed by atoms with E-state index < -0.39 is 24.2 Å². The summed E-state index contributed by atoms with van der Waals surface area (Å²) in [6, 6.07) is 8.10. The van der Waals surface area contributed by atoms with Crippen LogP contribution in [0.1, 0.15) is 11.1 Å². The van der Waals surface area contributed by atoms with Gasteiger partial charge in [0, 0.05) is 6.42 Å². The van der Waals surface area contributed by atoms with Crippen molar-refractivity contribution in [3.05, 3.63) is 35.4 Å². The zero-order valence-electron chi connectivity index (χ0n) is 15.2. The predicted molar refractivity (Wildman–Crippen MR) is 96.5 cm³/mol. The number of carbonyl (C=O) groups is 2. The van der Waals surface area contributed by atoms with Gasteiger partial charge in [0.1, 0.15) is 24.2 Å². The quantitative estimate of drug-likeness (QED) is 0.304. The number of aryl methyl sites for hydroxylation is 1. The van der Waals surface area contributed by atoms with E-state index in [0.717, 1.165) is 5.56 Å². The van der Waals surface area contributed by atoms with Crippen LogP contribution in [-0.2, 0) is 20.7 Å². The Kier molecular flexibility index (Phi) is 6.33. The summed E-state index contributed by atoms with van der Waals surface area (Å²) in [5.74, 6) is 0.0198. The van der Waals surface area contributed by atoms with E-state index >= 15 is 0 Å². The largest absolute Gasteiger partial charge is 0.394 e. The van der Waals surface area contributed by atoms with Crippen LogP contribution in [0.5, 0.6) is 0 Å². The summed E-state index contributed by atoms with van der Waals surface area (Å²) >= 11 is 0. The Morgan fingerprint density at radius 1 is 0.963 bits per heavy atom. The number of ketones is 2. The van der Waals surface area contributed by atoms with Crippen LogP contribution in [0.2, 0.25) is 0 Å². The number of aliphatic hydroxyl groups is 2. The first-order chi connectivity index (χ1) is 13.0. The number of Topliss-reactive ketones (excluding diaryl/α,β-unsaturated/α-hetero) is 2. The van der Waals surface area contributed by atoms with Crippen molar-refractivity contribution in [2.45, 2.75) is 37.5 Å². The summed E-state index contributed by atoms with van der Waals surface area (Å²) in [7, 11) is 0. The molecule has 0 amide bonds. The maximum absolute atomic E-state index is 12.5. The predicted octanol–water partition coefficient (Wildman–Crippen LogP) is -2.26. The first kappa shape index (κ1) is 20.0. The fraction of sp³-hybridized carbons (Fsp3) is 0.556. The van der Waals surface area contributed by atoms with Gasteiger partial charge < -0.3 is 14.9 Å². The molecule has 0 aliphatic carbocycles. The Morgan fingerprint density at radius 2 is 1.52 bits per heavy atom. The Hall–Kier alpha value is -1.72. The van der Waals surface area contributed by atoms with Crippen LogP contribution in [-0.4, -0.2) is 72.4 Å². The number of benzene rings is 1. The number of rotatable bonds is 6. The third kappa shape index (κ3) is 4.25. The molecule has 4 aliphatic rings. The first-order valence-corrected chi connectivity index (χ1v) is 8.99. The van der Waals surface area contributed by atoms with Crippen molar-refractivity contribution in [3.8, 4) is 0 Å². The summed E-state index contributed by atoms with van der Waals surface area (Å²) in [4.78, 5) is 24.5. The molecule has 1 aromatic carbocycles. The van der Waals surface area contributed by atoms with Gasteiger partial charge in [-0.25, -0.2) is 0 Å². The zero-order chi connectivity index (χ0) is 19.4. The molecule has 4 heterocycles. The molecule has 0 aromatic heterocycles. The van der Waals surface area contributed by atoms with Crippen molar-refractivity contribution in [3.63, 3.8) is 0 Å². The van der Waals surface area contributed by atoms with Gasteiger partial charge >= 0.3 is 0 Å². The van der Waals surface area contributed by atoms with Gasteiger partial charge in [-0.2, -0.15) is 0 Å². The van der Waals surface area contributed by atoms with Gasteiger partial charge in [0.05, 0.1) is 26.4 Å². The molecule has 4 bridgehead atoms. The van der Waals surface area contributed by atoms with E-state index in [2.05, 4.69) is 26.0 Å². The molecule has 4 saturated heterocycles. The summed E-state index contributed by atoms with van der Waals surface area (Å²) in [5, 5.41) is 28.4. The van der Waals surface area contributed by atoms with E-state index in [-0.39, 0.29) is 24.8 Å². The Bertz CT molecular complexity index is 659. The van der Waals surface area contributed by atoms with Gasteiger partial charge in [0.25, 0.3) is 0 Å². The lowest BCUT2D eigenvalue weighted by atomic mass is 9.84. The van der Waals surface area contributed by atoms with E-state index in [1.165, 1.54) is 5.56 Å². The number of aliphatic hydroxyl groups excluding tert-OH is 2. The van der Waals surface area contributed by atoms with E-state index in [1.807, 2.05) is 31.2 Å². The summed E-state index contributed by atoms with van der Waals surface area (Å²) in [6.45, 7) is 2.73. The maximum atomic E-state index is 12.5. The molecule has 0 saturated carbocycles. The fourth-order valence-corrected chi connectivity index (χ4v) is 3.44. The maximum Gasteiger partial charge on any atom is 0.199 e. The smallest absolute Gasteiger partial charge is 0.199 e.